The fourth-order valence-corrected chi connectivity index (χ4v) is 1.53. The molecule has 0 aliphatic heterocycles. The maximum atomic E-state index is 11.1. The maximum Gasteiger partial charge on any atom is 0.341 e. The lowest BCUT2D eigenvalue weighted by Gasteiger charge is -2.31. The van der Waals surface area contributed by atoms with Crippen LogP contribution in [0.2, 0.25) is 0 Å². The van der Waals surface area contributed by atoms with Crippen LogP contribution in [0.1, 0.15) is 0 Å². The van der Waals surface area contributed by atoms with Gasteiger partial charge in [0.2, 0.25) is 0 Å². The Bertz CT molecular complexity index is 370. The average molecular weight is 228 g/mol. The summed E-state index contributed by atoms with van der Waals surface area (Å²) in [6, 6.07) is 0. The van der Waals surface area contributed by atoms with Gasteiger partial charge in [0.15, 0.2) is 5.60 Å². The Hall–Kier alpha value is -1.82. The first-order chi connectivity index (χ1) is 7.47. The van der Waals surface area contributed by atoms with Gasteiger partial charge in [0, 0.05) is 7.11 Å². The number of hydrogen-bond acceptors (Lipinski definition) is 4. The zero-order valence-electron chi connectivity index (χ0n) is 8.84. The quantitative estimate of drug-likeness (QED) is 0.716. The summed E-state index contributed by atoms with van der Waals surface area (Å²) in [4.78, 5) is 22.1. The zero-order valence-corrected chi connectivity index (χ0v) is 8.84. The Morgan fingerprint density at radius 1 is 1.38 bits per heavy atom. The van der Waals surface area contributed by atoms with Crippen LogP contribution in [0, 0.1) is 5.92 Å². The first-order valence-corrected chi connectivity index (χ1v) is 4.44. The molecular weight excluding hydrogens is 216 g/mol. The number of carbonyl (C=O) groups is 2. The second kappa shape index (κ2) is 4.36. The third-order valence-corrected chi connectivity index (χ3v) is 2.46. The molecular formula is C10H12O6. The summed E-state index contributed by atoms with van der Waals surface area (Å²) < 4.78 is 9.69. The lowest BCUT2D eigenvalue weighted by molar-refractivity contribution is -0.169. The number of aliphatic carboxylic acids is 2. The molecule has 1 aliphatic rings. The van der Waals surface area contributed by atoms with Crippen LogP contribution >= 0.6 is 0 Å². The molecule has 2 unspecified atom stereocenters. The van der Waals surface area contributed by atoms with Gasteiger partial charge in [-0.1, -0.05) is 0 Å². The molecule has 0 aromatic rings. The van der Waals surface area contributed by atoms with Gasteiger partial charge in [0.05, 0.1) is 7.11 Å². The molecule has 0 aromatic carbocycles. The van der Waals surface area contributed by atoms with Crippen LogP contribution in [-0.4, -0.2) is 42.0 Å². The Morgan fingerprint density at radius 2 is 2.00 bits per heavy atom. The van der Waals surface area contributed by atoms with Gasteiger partial charge >= 0.3 is 11.9 Å². The van der Waals surface area contributed by atoms with Crippen molar-refractivity contribution in [3.05, 3.63) is 24.0 Å². The Kier molecular flexibility index (Phi) is 3.34. The van der Waals surface area contributed by atoms with E-state index in [9.17, 15) is 9.59 Å². The molecule has 0 saturated carbocycles. The number of carboxylic acids is 2. The van der Waals surface area contributed by atoms with E-state index in [2.05, 4.69) is 0 Å². The molecule has 0 bridgehead atoms. The van der Waals surface area contributed by atoms with Gasteiger partial charge in [-0.3, -0.25) is 4.79 Å². The van der Waals surface area contributed by atoms with Crippen molar-refractivity contribution in [2.24, 2.45) is 5.92 Å². The van der Waals surface area contributed by atoms with E-state index in [1.165, 1.54) is 25.3 Å². The lowest BCUT2D eigenvalue weighted by atomic mass is 9.83. The molecule has 2 N–H and O–H groups in total. The molecule has 88 valence electrons. The van der Waals surface area contributed by atoms with Crippen molar-refractivity contribution < 1.29 is 29.3 Å². The molecule has 0 aromatic heterocycles. The molecule has 6 nitrogen and oxygen atoms in total. The monoisotopic (exact) mass is 228 g/mol. The van der Waals surface area contributed by atoms with Gasteiger partial charge in [-0.25, -0.2) is 4.79 Å². The molecule has 0 amide bonds. The minimum atomic E-state index is -1.88. The van der Waals surface area contributed by atoms with Crippen molar-refractivity contribution in [3.8, 4) is 0 Å². The smallest absolute Gasteiger partial charge is 0.341 e. The third-order valence-electron chi connectivity index (χ3n) is 2.46. The van der Waals surface area contributed by atoms with Crippen molar-refractivity contribution >= 4 is 11.9 Å². The van der Waals surface area contributed by atoms with E-state index >= 15 is 0 Å². The summed E-state index contributed by atoms with van der Waals surface area (Å²) in [5, 5.41) is 18.0. The second-order valence-electron chi connectivity index (χ2n) is 3.22. The number of rotatable bonds is 4. The van der Waals surface area contributed by atoms with E-state index in [0.717, 1.165) is 7.11 Å². The van der Waals surface area contributed by atoms with Gasteiger partial charge in [-0.05, 0) is 18.2 Å². The normalized spacial score (nSPS) is 28.4. The van der Waals surface area contributed by atoms with Gasteiger partial charge in [0.25, 0.3) is 0 Å². The number of allylic oxidation sites excluding steroid dienone is 1. The molecule has 0 spiro atoms. The molecule has 0 fully saturated rings. The molecule has 0 saturated heterocycles. The van der Waals surface area contributed by atoms with E-state index in [1.807, 2.05) is 0 Å². The predicted molar refractivity (Wildman–Crippen MR) is 52.7 cm³/mol. The Morgan fingerprint density at radius 3 is 2.38 bits per heavy atom. The van der Waals surface area contributed by atoms with Crippen LogP contribution in [0.15, 0.2) is 24.0 Å². The van der Waals surface area contributed by atoms with Crippen molar-refractivity contribution in [1.82, 2.24) is 0 Å². The Labute approximate surface area is 91.8 Å². The number of ether oxygens (including phenoxy) is 2. The topological polar surface area (TPSA) is 93.1 Å². The fraction of sp³-hybridized carbons (Fsp3) is 0.400. The molecule has 16 heavy (non-hydrogen) atoms. The number of carboxylic acid groups (broad SMARTS) is 2. The molecule has 1 aliphatic carbocycles. The summed E-state index contributed by atoms with van der Waals surface area (Å²) in [6.45, 7) is 0. The average Bonchev–Trinajstić information content (AvgIpc) is 2.27. The molecule has 0 heterocycles. The highest BCUT2D eigenvalue weighted by atomic mass is 16.5. The molecule has 6 heteroatoms. The summed E-state index contributed by atoms with van der Waals surface area (Å²) in [6.07, 6.45) is 3.75. The van der Waals surface area contributed by atoms with E-state index in [-0.39, 0.29) is 0 Å². The van der Waals surface area contributed by atoms with Gasteiger partial charge in [0.1, 0.15) is 11.7 Å². The Balaban J connectivity index is 3.21. The molecule has 0 radical (unpaired) electrons. The maximum absolute atomic E-state index is 11.1. The van der Waals surface area contributed by atoms with Crippen molar-refractivity contribution in [1.29, 1.82) is 0 Å². The van der Waals surface area contributed by atoms with E-state index in [0.29, 0.717) is 5.76 Å². The van der Waals surface area contributed by atoms with Gasteiger partial charge in [-0.2, -0.15) is 0 Å². The van der Waals surface area contributed by atoms with Gasteiger partial charge in [-0.15, -0.1) is 0 Å². The van der Waals surface area contributed by atoms with Crippen LogP contribution in [0.5, 0.6) is 0 Å². The second-order valence-corrected chi connectivity index (χ2v) is 3.22. The van der Waals surface area contributed by atoms with Crippen LogP contribution in [0.4, 0.5) is 0 Å². The largest absolute Gasteiger partial charge is 0.497 e. The summed E-state index contributed by atoms with van der Waals surface area (Å²) >= 11 is 0. The van der Waals surface area contributed by atoms with Crippen molar-refractivity contribution in [2.75, 3.05) is 14.2 Å². The first-order valence-electron chi connectivity index (χ1n) is 4.44. The number of hydrogen-bond donors (Lipinski definition) is 2. The predicted octanol–water partition coefficient (Wildman–Crippen LogP) is 0.257. The van der Waals surface area contributed by atoms with Gasteiger partial charge < -0.3 is 19.7 Å². The zero-order chi connectivity index (χ0) is 12.3. The molecule has 2 atom stereocenters. The highest BCUT2D eigenvalue weighted by Gasteiger charge is 2.49. The third kappa shape index (κ3) is 1.79. The highest BCUT2D eigenvalue weighted by molar-refractivity contribution is 5.90. The summed E-state index contributed by atoms with van der Waals surface area (Å²) in [5.41, 5.74) is -1.88. The van der Waals surface area contributed by atoms with E-state index < -0.39 is 23.5 Å². The van der Waals surface area contributed by atoms with Crippen molar-refractivity contribution in [3.63, 3.8) is 0 Å². The minimum Gasteiger partial charge on any atom is -0.497 e. The van der Waals surface area contributed by atoms with Crippen LogP contribution < -0.4 is 0 Å². The van der Waals surface area contributed by atoms with Crippen molar-refractivity contribution in [2.45, 2.75) is 5.60 Å². The number of methoxy groups -OCH3 is 2. The van der Waals surface area contributed by atoms with Crippen LogP contribution in [0.25, 0.3) is 0 Å². The lowest BCUT2D eigenvalue weighted by Crippen LogP contribution is -2.49. The standard InChI is InChI=1S/C10H12O6/c1-15-6-3-4-10(16-2,9(13)14)7(5-6)8(11)12/h3-5,7H,1-2H3,(H,11,12)(H,13,14). The minimum absolute atomic E-state index is 0.293. The van der Waals surface area contributed by atoms with E-state index in [4.69, 9.17) is 19.7 Å². The first kappa shape index (κ1) is 12.3. The van der Waals surface area contributed by atoms with Crippen LogP contribution in [0.3, 0.4) is 0 Å². The summed E-state index contributed by atoms with van der Waals surface area (Å²) in [5.74, 6) is -3.68. The SMILES string of the molecule is COC1=CC(C(=O)O)C(OC)(C(=O)O)C=C1. The fourth-order valence-electron chi connectivity index (χ4n) is 1.53. The van der Waals surface area contributed by atoms with E-state index in [1.54, 1.807) is 0 Å². The summed E-state index contributed by atoms with van der Waals surface area (Å²) in [7, 11) is 2.52. The highest BCUT2D eigenvalue weighted by Crippen LogP contribution is 2.31. The van der Waals surface area contributed by atoms with Crippen LogP contribution in [-0.2, 0) is 19.1 Å². The molecule has 1 rings (SSSR count).